The largest absolute Gasteiger partial charge is 0.417 e. The molecule has 0 bridgehead atoms. The number of unbranched alkanes of at least 4 members (excludes halogenated alkanes) is 10. The first-order valence-corrected chi connectivity index (χ1v) is 15.1. The number of sulfonamides is 1. The third-order valence-corrected chi connectivity index (χ3v) is 7.73. The van der Waals surface area contributed by atoms with E-state index in [1.165, 1.54) is 24.3 Å². The van der Waals surface area contributed by atoms with Crippen LogP contribution in [0.4, 0.5) is 13.2 Å². The number of hydrogen-bond donors (Lipinski definition) is 1. The Morgan fingerprint density at radius 2 is 1.27 bits per heavy atom. The summed E-state index contributed by atoms with van der Waals surface area (Å²) in [6.45, 7) is 4.25. The molecular formula is C29H42F3NO3S. The Balaban J connectivity index is 2.27. The van der Waals surface area contributed by atoms with Crippen LogP contribution < -0.4 is 9.72 Å². The second-order valence-corrected chi connectivity index (χ2v) is 11.3. The van der Waals surface area contributed by atoms with Crippen LogP contribution in [0.1, 0.15) is 108 Å². The molecule has 4 nitrogen and oxygen atoms in total. The summed E-state index contributed by atoms with van der Waals surface area (Å²) in [5.41, 5.74) is -0.393. The summed E-state index contributed by atoms with van der Waals surface area (Å²) >= 11 is 0. The fourth-order valence-corrected chi connectivity index (χ4v) is 5.32. The van der Waals surface area contributed by atoms with Crippen LogP contribution in [0.15, 0.2) is 47.4 Å². The average Bonchev–Trinajstić information content (AvgIpc) is 2.87. The molecule has 0 aliphatic rings. The molecule has 1 N–H and O–H groups in total. The van der Waals surface area contributed by atoms with Gasteiger partial charge in [-0.3, -0.25) is 0 Å². The summed E-state index contributed by atoms with van der Waals surface area (Å²) in [5, 5.41) is 0. The standard InChI is InChI=1S/C29H42F3NO3S/c1-3-5-7-9-11-14-18-24-22-23-27(36-33-37(34,35)25-19-15-13-16-20-25)26(28(24)29(30,31)32)21-17-12-10-8-6-4-2/h13,15-16,19-20,22-23,33H,3-12,14,17-18,21H2,1-2H3. The molecule has 0 unspecified atom stereocenters. The van der Waals surface area contributed by atoms with Gasteiger partial charge in [-0.25, -0.2) is 8.42 Å². The Bertz CT molecular complexity index is 1020. The van der Waals surface area contributed by atoms with Crippen molar-refractivity contribution in [2.45, 2.75) is 115 Å². The number of rotatable bonds is 18. The molecule has 0 saturated heterocycles. The predicted octanol–water partition coefficient (Wildman–Crippen LogP) is 8.78. The predicted molar refractivity (Wildman–Crippen MR) is 143 cm³/mol. The quantitative estimate of drug-likeness (QED) is 0.152. The molecule has 37 heavy (non-hydrogen) atoms. The van der Waals surface area contributed by atoms with E-state index in [0.29, 0.717) is 19.3 Å². The smallest absolute Gasteiger partial charge is 0.393 e. The lowest BCUT2D eigenvalue weighted by Crippen LogP contribution is -2.28. The number of nitrogens with one attached hydrogen (secondary N) is 1. The van der Waals surface area contributed by atoms with Crippen molar-refractivity contribution in [3.05, 3.63) is 59.2 Å². The van der Waals surface area contributed by atoms with Crippen molar-refractivity contribution in [1.29, 1.82) is 0 Å². The summed E-state index contributed by atoms with van der Waals surface area (Å²) < 4.78 is 68.4. The van der Waals surface area contributed by atoms with Crippen LogP contribution >= 0.6 is 0 Å². The first-order chi connectivity index (χ1) is 17.7. The topological polar surface area (TPSA) is 55.4 Å². The maximum absolute atomic E-state index is 14.4. The Morgan fingerprint density at radius 3 is 1.84 bits per heavy atom. The molecule has 2 aromatic rings. The van der Waals surface area contributed by atoms with Crippen molar-refractivity contribution in [3.8, 4) is 5.75 Å². The van der Waals surface area contributed by atoms with Crippen LogP contribution in [0.25, 0.3) is 0 Å². The minimum Gasteiger partial charge on any atom is -0.393 e. The Morgan fingerprint density at radius 1 is 0.730 bits per heavy atom. The molecule has 2 rings (SSSR count). The highest BCUT2D eigenvalue weighted by Gasteiger charge is 2.37. The van der Waals surface area contributed by atoms with Crippen LogP contribution in [0.2, 0.25) is 0 Å². The Hall–Kier alpha value is -2.06. The van der Waals surface area contributed by atoms with Gasteiger partial charge in [0.1, 0.15) is 0 Å². The van der Waals surface area contributed by atoms with Gasteiger partial charge < -0.3 is 4.84 Å². The second-order valence-electron chi connectivity index (χ2n) is 9.61. The minimum atomic E-state index is -4.56. The molecule has 0 aliphatic carbocycles. The molecule has 0 aromatic heterocycles. The maximum atomic E-state index is 14.4. The van der Waals surface area contributed by atoms with Gasteiger partial charge in [0, 0.05) is 5.56 Å². The Kier molecular flexibility index (Phi) is 13.5. The van der Waals surface area contributed by atoms with E-state index in [1.807, 2.05) is 4.89 Å². The van der Waals surface area contributed by atoms with Gasteiger partial charge in [0.25, 0.3) is 10.0 Å². The van der Waals surface area contributed by atoms with E-state index in [9.17, 15) is 21.6 Å². The molecule has 0 heterocycles. The fraction of sp³-hybridized carbons (Fsp3) is 0.586. The molecule has 2 aromatic carbocycles. The van der Waals surface area contributed by atoms with Crippen molar-refractivity contribution in [2.75, 3.05) is 0 Å². The van der Waals surface area contributed by atoms with E-state index in [2.05, 4.69) is 13.8 Å². The van der Waals surface area contributed by atoms with Crippen LogP contribution in [0.5, 0.6) is 5.75 Å². The molecule has 0 fully saturated rings. The van der Waals surface area contributed by atoms with Gasteiger partial charge in [0.15, 0.2) is 5.75 Å². The summed E-state index contributed by atoms with van der Waals surface area (Å²) in [7, 11) is -4.05. The third kappa shape index (κ3) is 10.7. The van der Waals surface area contributed by atoms with Gasteiger partial charge in [-0.2, -0.15) is 13.2 Å². The van der Waals surface area contributed by atoms with Crippen LogP contribution in [-0.4, -0.2) is 8.42 Å². The second kappa shape index (κ2) is 16.0. The molecule has 0 saturated carbocycles. The molecule has 0 radical (unpaired) electrons. The van der Waals surface area contributed by atoms with E-state index in [0.717, 1.165) is 64.2 Å². The lowest BCUT2D eigenvalue weighted by Gasteiger charge is -2.21. The fourth-order valence-electron chi connectivity index (χ4n) is 4.51. The molecule has 0 aliphatic heterocycles. The zero-order chi connectivity index (χ0) is 27.2. The zero-order valence-electron chi connectivity index (χ0n) is 22.2. The summed E-state index contributed by atoms with van der Waals surface area (Å²) in [5.74, 6) is -0.0907. The first-order valence-electron chi connectivity index (χ1n) is 13.7. The number of alkyl halides is 3. The first kappa shape index (κ1) is 31.2. The van der Waals surface area contributed by atoms with Crippen molar-refractivity contribution >= 4 is 10.0 Å². The van der Waals surface area contributed by atoms with E-state index in [4.69, 9.17) is 4.84 Å². The van der Waals surface area contributed by atoms with Crippen molar-refractivity contribution < 1.29 is 26.4 Å². The van der Waals surface area contributed by atoms with Gasteiger partial charge in [0.05, 0.1) is 10.5 Å². The lowest BCUT2D eigenvalue weighted by atomic mass is 9.92. The molecule has 0 atom stereocenters. The van der Waals surface area contributed by atoms with E-state index in [1.54, 1.807) is 18.2 Å². The van der Waals surface area contributed by atoms with Crippen molar-refractivity contribution in [3.63, 3.8) is 0 Å². The molecular weight excluding hydrogens is 499 g/mol. The lowest BCUT2D eigenvalue weighted by molar-refractivity contribution is -0.139. The summed E-state index contributed by atoms with van der Waals surface area (Å²) in [4.78, 5) is 7.38. The van der Waals surface area contributed by atoms with E-state index < -0.39 is 21.8 Å². The van der Waals surface area contributed by atoms with Crippen LogP contribution in [-0.2, 0) is 29.0 Å². The zero-order valence-corrected chi connectivity index (χ0v) is 23.0. The number of hydrogen-bond acceptors (Lipinski definition) is 3. The number of aryl methyl sites for hydroxylation is 1. The third-order valence-electron chi connectivity index (χ3n) is 6.53. The van der Waals surface area contributed by atoms with E-state index >= 15 is 0 Å². The normalized spacial score (nSPS) is 12.1. The van der Waals surface area contributed by atoms with Crippen molar-refractivity contribution in [2.24, 2.45) is 0 Å². The van der Waals surface area contributed by atoms with Gasteiger partial charge in [-0.05, 0) is 54.3 Å². The Labute approximate surface area is 221 Å². The minimum absolute atomic E-state index is 0.0248. The highest BCUT2D eigenvalue weighted by Crippen LogP contribution is 2.40. The van der Waals surface area contributed by atoms with Gasteiger partial charge >= 0.3 is 6.18 Å². The molecule has 8 heteroatoms. The van der Waals surface area contributed by atoms with Crippen molar-refractivity contribution in [1.82, 2.24) is 4.89 Å². The van der Waals surface area contributed by atoms with Crippen LogP contribution in [0.3, 0.4) is 0 Å². The monoisotopic (exact) mass is 541 g/mol. The maximum Gasteiger partial charge on any atom is 0.417 e. The molecule has 0 spiro atoms. The molecule has 208 valence electrons. The highest BCUT2D eigenvalue weighted by atomic mass is 32.2. The number of halogens is 3. The average molecular weight is 542 g/mol. The molecule has 0 amide bonds. The highest BCUT2D eigenvalue weighted by molar-refractivity contribution is 7.89. The SMILES string of the molecule is CCCCCCCCc1ccc(ONS(=O)(=O)c2ccccc2)c(CCCCCCCC)c1C(F)(F)F. The number of benzene rings is 2. The van der Waals surface area contributed by atoms with E-state index in [-0.39, 0.29) is 28.2 Å². The van der Waals surface area contributed by atoms with Gasteiger partial charge in [-0.15, -0.1) is 0 Å². The summed E-state index contributed by atoms with van der Waals surface area (Å²) in [6.07, 6.45) is 7.51. The van der Waals surface area contributed by atoms with Crippen LogP contribution in [0, 0.1) is 0 Å². The van der Waals surface area contributed by atoms with Gasteiger partial charge in [-0.1, -0.05) is 102 Å². The van der Waals surface area contributed by atoms with Gasteiger partial charge in [0.2, 0.25) is 0 Å². The summed E-state index contributed by atoms with van der Waals surface area (Å²) in [6, 6.07) is 10.5.